The van der Waals surface area contributed by atoms with Crippen molar-refractivity contribution in [2.24, 2.45) is 7.05 Å². The second kappa shape index (κ2) is 6.25. The van der Waals surface area contributed by atoms with Crippen molar-refractivity contribution in [2.45, 2.75) is 12.0 Å². The van der Waals surface area contributed by atoms with Crippen LogP contribution in [0.3, 0.4) is 0 Å². The minimum atomic E-state index is -0.231. The van der Waals surface area contributed by atoms with E-state index >= 15 is 0 Å². The summed E-state index contributed by atoms with van der Waals surface area (Å²) in [7, 11) is 5.92. The van der Waals surface area contributed by atoms with E-state index in [1.807, 2.05) is 45.5 Å². The van der Waals surface area contributed by atoms with Crippen LogP contribution in [-0.4, -0.2) is 52.7 Å². The molecule has 3 aromatic rings. The topological polar surface area (TPSA) is 57.2 Å². The van der Waals surface area contributed by atoms with Crippen molar-refractivity contribution in [3.8, 4) is 0 Å². The summed E-state index contributed by atoms with van der Waals surface area (Å²) in [5, 5.41) is 0. The van der Waals surface area contributed by atoms with E-state index in [0.717, 1.165) is 18.7 Å². The molecule has 0 spiro atoms. The van der Waals surface area contributed by atoms with Crippen molar-refractivity contribution in [1.82, 2.24) is 19.4 Å². The van der Waals surface area contributed by atoms with Gasteiger partial charge in [-0.3, -0.25) is 9.78 Å². The van der Waals surface area contributed by atoms with Gasteiger partial charge in [0.1, 0.15) is 11.3 Å². The number of aromatic nitrogens is 3. The first kappa shape index (κ1) is 16.8. The number of rotatable bonds is 3. The standard InChI is InChI=1S/C19H22FN5O/c1-23(2)16-11-25(10-14(16)12-4-6-13(20)7-5-12)19-21-15-8-9-24(3)17(15)18(26)22-19/h4-9,14,16H,10-11H2,1-3H3,(H,21,22,26). The largest absolute Gasteiger partial charge is 0.345 e. The molecule has 6 nitrogen and oxygen atoms in total. The molecule has 26 heavy (non-hydrogen) atoms. The number of H-pyrrole nitrogens is 1. The second-order valence-electron chi connectivity index (χ2n) is 7.14. The molecule has 1 N–H and O–H groups in total. The van der Waals surface area contributed by atoms with Gasteiger partial charge < -0.3 is 14.4 Å². The highest BCUT2D eigenvalue weighted by Gasteiger charge is 2.36. The van der Waals surface area contributed by atoms with Gasteiger partial charge >= 0.3 is 0 Å². The quantitative estimate of drug-likeness (QED) is 0.780. The molecule has 2 atom stereocenters. The van der Waals surface area contributed by atoms with Gasteiger partial charge in [0.2, 0.25) is 5.95 Å². The maximum atomic E-state index is 13.3. The Kier molecular flexibility index (Phi) is 4.03. The summed E-state index contributed by atoms with van der Waals surface area (Å²) in [5.41, 5.74) is 2.23. The van der Waals surface area contributed by atoms with Crippen LogP contribution in [0.1, 0.15) is 11.5 Å². The van der Waals surface area contributed by atoms with E-state index < -0.39 is 0 Å². The van der Waals surface area contributed by atoms with Crippen LogP contribution < -0.4 is 10.5 Å². The van der Waals surface area contributed by atoms with Gasteiger partial charge in [0.15, 0.2) is 0 Å². The van der Waals surface area contributed by atoms with E-state index in [1.165, 1.54) is 12.1 Å². The van der Waals surface area contributed by atoms with Crippen molar-refractivity contribution in [1.29, 1.82) is 0 Å². The number of aromatic amines is 1. The predicted molar refractivity (Wildman–Crippen MR) is 100 cm³/mol. The zero-order valence-electron chi connectivity index (χ0n) is 15.1. The molecule has 2 aromatic heterocycles. The Morgan fingerprint density at radius 1 is 1.19 bits per heavy atom. The minimum Gasteiger partial charge on any atom is -0.345 e. The lowest BCUT2D eigenvalue weighted by atomic mass is 9.94. The molecule has 4 rings (SSSR count). The third kappa shape index (κ3) is 2.78. The van der Waals surface area contributed by atoms with Gasteiger partial charge in [-0.2, -0.15) is 0 Å². The molecule has 136 valence electrons. The molecule has 1 aliphatic rings. The number of nitrogens with one attached hydrogen (secondary N) is 1. The summed E-state index contributed by atoms with van der Waals surface area (Å²) in [6.07, 6.45) is 1.84. The van der Waals surface area contributed by atoms with E-state index in [-0.39, 0.29) is 23.3 Å². The first-order valence-electron chi connectivity index (χ1n) is 8.66. The van der Waals surface area contributed by atoms with Crippen LogP contribution in [0.25, 0.3) is 11.0 Å². The lowest BCUT2D eigenvalue weighted by molar-refractivity contribution is 0.292. The summed E-state index contributed by atoms with van der Waals surface area (Å²) in [6, 6.07) is 8.79. The SMILES string of the molecule is CN(C)C1CN(c2nc3ccn(C)c3c(=O)[nH]2)CC1c1ccc(F)cc1. The molecule has 7 heteroatoms. The van der Waals surface area contributed by atoms with Crippen LogP contribution in [0.5, 0.6) is 0 Å². The molecule has 1 saturated heterocycles. The van der Waals surface area contributed by atoms with Gasteiger partial charge in [0, 0.05) is 38.3 Å². The average Bonchev–Trinajstić information content (AvgIpc) is 3.20. The van der Waals surface area contributed by atoms with Gasteiger partial charge in [-0.15, -0.1) is 0 Å². The predicted octanol–water partition coefficient (Wildman–Crippen LogP) is 1.93. The first-order valence-corrected chi connectivity index (χ1v) is 8.66. The molecular weight excluding hydrogens is 333 g/mol. The third-order valence-corrected chi connectivity index (χ3v) is 5.27. The average molecular weight is 355 g/mol. The number of fused-ring (bicyclic) bond motifs is 1. The molecule has 0 radical (unpaired) electrons. The van der Waals surface area contributed by atoms with E-state index in [0.29, 0.717) is 17.0 Å². The minimum absolute atomic E-state index is 0.135. The molecule has 0 bridgehead atoms. The van der Waals surface area contributed by atoms with Crippen LogP contribution in [0.2, 0.25) is 0 Å². The van der Waals surface area contributed by atoms with Crippen LogP contribution in [0.4, 0.5) is 10.3 Å². The smallest absolute Gasteiger partial charge is 0.276 e. The van der Waals surface area contributed by atoms with E-state index in [9.17, 15) is 9.18 Å². The van der Waals surface area contributed by atoms with Crippen molar-refractivity contribution in [3.05, 3.63) is 58.3 Å². The number of benzene rings is 1. The molecule has 1 fully saturated rings. The number of hydrogen-bond donors (Lipinski definition) is 1. The third-order valence-electron chi connectivity index (χ3n) is 5.27. The number of aryl methyl sites for hydroxylation is 1. The Balaban J connectivity index is 1.70. The molecule has 2 unspecified atom stereocenters. The monoisotopic (exact) mass is 355 g/mol. The number of likely N-dealkylation sites (N-methyl/N-ethyl adjacent to an activating group) is 1. The van der Waals surface area contributed by atoms with Gasteiger partial charge in [0.05, 0.1) is 5.52 Å². The Morgan fingerprint density at radius 2 is 1.92 bits per heavy atom. The van der Waals surface area contributed by atoms with Crippen molar-refractivity contribution in [3.63, 3.8) is 0 Å². The van der Waals surface area contributed by atoms with E-state index in [2.05, 4.69) is 19.8 Å². The van der Waals surface area contributed by atoms with E-state index in [4.69, 9.17) is 0 Å². The lowest BCUT2D eigenvalue weighted by Crippen LogP contribution is -2.35. The zero-order valence-corrected chi connectivity index (χ0v) is 15.1. The molecule has 0 amide bonds. The fourth-order valence-electron chi connectivity index (χ4n) is 3.86. The Labute approximate surface area is 150 Å². The van der Waals surface area contributed by atoms with Gasteiger partial charge in [-0.05, 0) is 37.9 Å². The first-order chi connectivity index (χ1) is 12.4. The molecule has 1 aliphatic heterocycles. The highest BCUT2D eigenvalue weighted by Crippen LogP contribution is 2.32. The van der Waals surface area contributed by atoms with Gasteiger partial charge in [-0.1, -0.05) is 12.1 Å². The van der Waals surface area contributed by atoms with Crippen molar-refractivity contribution >= 4 is 17.0 Å². The van der Waals surface area contributed by atoms with Crippen molar-refractivity contribution < 1.29 is 4.39 Å². The Morgan fingerprint density at radius 3 is 2.62 bits per heavy atom. The van der Waals surface area contributed by atoms with Gasteiger partial charge in [0.25, 0.3) is 5.56 Å². The zero-order chi connectivity index (χ0) is 18.4. The van der Waals surface area contributed by atoms with Crippen LogP contribution >= 0.6 is 0 Å². The number of hydrogen-bond acceptors (Lipinski definition) is 4. The van der Waals surface area contributed by atoms with Crippen molar-refractivity contribution in [2.75, 3.05) is 32.1 Å². The summed E-state index contributed by atoms with van der Waals surface area (Å²) >= 11 is 0. The van der Waals surface area contributed by atoms with E-state index in [1.54, 1.807) is 4.57 Å². The fraction of sp³-hybridized carbons (Fsp3) is 0.368. The summed E-state index contributed by atoms with van der Waals surface area (Å²) in [6.45, 7) is 1.46. The second-order valence-corrected chi connectivity index (χ2v) is 7.14. The van der Waals surface area contributed by atoms with Gasteiger partial charge in [-0.25, -0.2) is 9.37 Å². The fourth-order valence-corrected chi connectivity index (χ4v) is 3.86. The Hall–Kier alpha value is -2.67. The van der Waals surface area contributed by atoms with Crippen LogP contribution in [-0.2, 0) is 7.05 Å². The highest BCUT2D eigenvalue weighted by atomic mass is 19.1. The maximum Gasteiger partial charge on any atom is 0.276 e. The number of nitrogens with zero attached hydrogens (tertiary/aromatic N) is 4. The normalized spacial score (nSPS) is 20.4. The summed E-state index contributed by atoms with van der Waals surface area (Å²) < 4.78 is 15.1. The summed E-state index contributed by atoms with van der Waals surface area (Å²) in [4.78, 5) is 24.3. The lowest BCUT2D eigenvalue weighted by Gasteiger charge is -2.25. The Bertz CT molecular complexity index is 991. The molecular formula is C19H22FN5O. The highest BCUT2D eigenvalue weighted by molar-refractivity contribution is 5.75. The summed E-state index contributed by atoms with van der Waals surface area (Å²) in [5.74, 6) is 0.568. The van der Waals surface area contributed by atoms with Crippen LogP contribution in [0, 0.1) is 5.82 Å². The van der Waals surface area contributed by atoms with Crippen LogP contribution in [0.15, 0.2) is 41.3 Å². The molecule has 1 aromatic carbocycles. The number of anilines is 1. The maximum absolute atomic E-state index is 13.3. The molecule has 0 saturated carbocycles. The molecule has 3 heterocycles. The molecule has 0 aliphatic carbocycles. The number of halogens is 1.